The molecule has 2 fully saturated rings. The molecule has 2 saturated heterocycles. The normalized spacial score (nSPS) is 28.9. The Morgan fingerprint density at radius 2 is 2.13 bits per heavy atom. The van der Waals surface area contributed by atoms with Gasteiger partial charge in [-0.15, -0.1) is 0 Å². The standard InChI is InChI=1S/C18H24N4O/c1-14-10-21-13-18(23)8-17(21)12-20(14)11-16-5-3-7-22(16)15-4-2-6-19-9-15/h2-7,9,14,17-18,23H,8,10-13H2,1H3/t14-,17-,18+/m0/s1. The SMILES string of the molecule is C[C@H]1CN2C[C@H](O)C[C@H]2CN1Cc1cccn1-c1cccnc1. The summed E-state index contributed by atoms with van der Waals surface area (Å²) in [6.45, 7) is 6.16. The number of aliphatic hydroxyl groups excluding tert-OH is 1. The quantitative estimate of drug-likeness (QED) is 0.933. The average Bonchev–Trinajstić information content (AvgIpc) is 3.14. The largest absolute Gasteiger partial charge is 0.392 e. The molecule has 23 heavy (non-hydrogen) atoms. The number of piperazine rings is 1. The van der Waals surface area contributed by atoms with Gasteiger partial charge in [-0.2, -0.15) is 0 Å². The third-order valence-electron chi connectivity index (χ3n) is 5.20. The Morgan fingerprint density at radius 3 is 2.96 bits per heavy atom. The predicted molar refractivity (Wildman–Crippen MR) is 89.4 cm³/mol. The number of nitrogens with zero attached hydrogens (tertiary/aromatic N) is 4. The second kappa shape index (κ2) is 6.07. The lowest BCUT2D eigenvalue weighted by molar-refractivity contribution is 0.0517. The highest BCUT2D eigenvalue weighted by Crippen LogP contribution is 2.26. The average molecular weight is 312 g/mol. The number of aliphatic hydroxyl groups is 1. The van der Waals surface area contributed by atoms with Crippen LogP contribution < -0.4 is 0 Å². The van der Waals surface area contributed by atoms with Crippen LogP contribution in [0, 0.1) is 0 Å². The fourth-order valence-electron chi connectivity index (χ4n) is 4.00. The van der Waals surface area contributed by atoms with Crippen LogP contribution in [0.1, 0.15) is 19.0 Å². The first-order valence-corrected chi connectivity index (χ1v) is 8.43. The summed E-state index contributed by atoms with van der Waals surface area (Å²) in [6.07, 6.45) is 6.57. The Labute approximate surface area is 137 Å². The Bertz CT molecular complexity index is 656. The van der Waals surface area contributed by atoms with E-state index in [2.05, 4.69) is 50.7 Å². The summed E-state index contributed by atoms with van der Waals surface area (Å²) in [4.78, 5) is 9.22. The maximum Gasteiger partial charge on any atom is 0.0682 e. The highest BCUT2D eigenvalue weighted by atomic mass is 16.3. The molecule has 122 valence electrons. The van der Waals surface area contributed by atoms with E-state index < -0.39 is 0 Å². The highest BCUT2D eigenvalue weighted by molar-refractivity contribution is 5.32. The Hall–Kier alpha value is -1.69. The molecule has 5 heteroatoms. The van der Waals surface area contributed by atoms with Gasteiger partial charge in [0.15, 0.2) is 0 Å². The topological polar surface area (TPSA) is 44.5 Å². The monoisotopic (exact) mass is 312 g/mol. The first-order chi connectivity index (χ1) is 11.2. The van der Waals surface area contributed by atoms with Crippen LogP contribution in [0.25, 0.3) is 5.69 Å². The minimum atomic E-state index is -0.147. The third kappa shape index (κ3) is 2.92. The molecule has 3 atom stereocenters. The molecule has 4 heterocycles. The summed E-state index contributed by atoms with van der Waals surface area (Å²) in [6, 6.07) is 9.36. The fraction of sp³-hybridized carbons (Fsp3) is 0.500. The van der Waals surface area contributed by atoms with Crippen molar-refractivity contribution in [3.63, 3.8) is 0 Å². The van der Waals surface area contributed by atoms with Gasteiger partial charge in [0.05, 0.1) is 18.0 Å². The molecule has 0 radical (unpaired) electrons. The highest BCUT2D eigenvalue weighted by Gasteiger charge is 2.38. The maximum atomic E-state index is 9.91. The van der Waals surface area contributed by atoms with Crippen LogP contribution in [-0.4, -0.2) is 62.3 Å². The number of aromatic nitrogens is 2. The molecular formula is C18H24N4O. The molecule has 2 aromatic rings. The zero-order valence-corrected chi connectivity index (χ0v) is 13.5. The molecule has 2 aromatic heterocycles. The zero-order valence-electron chi connectivity index (χ0n) is 13.5. The van der Waals surface area contributed by atoms with E-state index in [1.165, 1.54) is 5.69 Å². The van der Waals surface area contributed by atoms with E-state index in [9.17, 15) is 5.11 Å². The molecule has 0 saturated carbocycles. The lowest BCUT2D eigenvalue weighted by Crippen LogP contribution is -2.54. The van der Waals surface area contributed by atoms with Crippen molar-refractivity contribution in [2.75, 3.05) is 19.6 Å². The second-order valence-electron chi connectivity index (χ2n) is 6.86. The van der Waals surface area contributed by atoms with E-state index in [1.54, 1.807) is 6.20 Å². The van der Waals surface area contributed by atoms with Crippen molar-refractivity contribution in [2.24, 2.45) is 0 Å². The van der Waals surface area contributed by atoms with Crippen molar-refractivity contribution in [1.82, 2.24) is 19.4 Å². The van der Waals surface area contributed by atoms with E-state index in [0.29, 0.717) is 12.1 Å². The molecule has 0 spiro atoms. The third-order valence-corrected chi connectivity index (χ3v) is 5.20. The Kier molecular flexibility index (Phi) is 3.93. The number of fused-ring (bicyclic) bond motifs is 1. The lowest BCUT2D eigenvalue weighted by Gasteiger charge is -2.42. The van der Waals surface area contributed by atoms with Crippen LogP contribution in [0.5, 0.6) is 0 Å². The number of hydrogen-bond donors (Lipinski definition) is 1. The second-order valence-corrected chi connectivity index (χ2v) is 6.86. The number of pyridine rings is 1. The van der Waals surface area contributed by atoms with Crippen LogP contribution in [0.4, 0.5) is 0 Å². The summed E-state index contributed by atoms with van der Waals surface area (Å²) in [5.41, 5.74) is 2.40. The number of rotatable bonds is 3. The summed E-state index contributed by atoms with van der Waals surface area (Å²) >= 11 is 0. The van der Waals surface area contributed by atoms with Crippen molar-refractivity contribution < 1.29 is 5.11 Å². The molecule has 2 aliphatic heterocycles. The molecule has 0 aliphatic carbocycles. The molecule has 0 bridgehead atoms. The first kappa shape index (κ1) is 14.9. The molecule has 2 aliphatic rings. The molecule has 0 aromatic carbocycles. The fourth-order valence-corrected chi connectivity index (χ4v) is 4.00. The van der Waals surface area contributed by atoms with Gasteiger partial charge in [0.25, 0.3) is 0 Å². The van der Waals surface area contributed by atoms with Crippen LogP contribution in [0.3, 0.4) is 0 Å². The molecule has 0 amide bonds. The van der Waals surface area contributed by atoms with Crippen molar-refractivity contribution >= 4 is 0 Å². The van der Waals surface area contributed by atoms with Crippen molar-refractivity contribution in [2.45, 2.75) is 38.1 Å². The van der Waals surface area contributed by atoms with Crippen LogP contribution in [0.2, 0.25) is 0 Å². The minimum Gasteiger partial charge on any atom is -0.392 e. The van der Waals surface area contributed by atoms with Crippen molar-refractivity contribution in [3.8, 4) is 5.69 Å². The molecular weight excluding hydrogens is 288 g/mol. The van der Waals surface area contributed by atoms with Gasteiger partial charge >= 0.3 is 0 Å². The molecule has 0 unspecified atom stereocenters. The van der Waals surface area contributed by atoms with Gasteiger partial charge in [-0.1, -0.05) is 0 Å². The van der Waals surface area contributed by atoms with Crippen LogP contribution in [0.15, 0.2) is 42.9 Å². The Balaban J connectivity index is 1.52. The molecule has 1 N–H and O–H groups in total. The van der Waals surface area contributed by atoms with E-state index in [-0.39, 0.29) is 6.10 Å². The van der Waals surface area contributed by atoms with Gasteiger partial charge < -0.3 is 9.67 Å². The van der Waals surface area contributed by atoms with Gasteiger partial charge in [-0.25, -0.2) is 0 Å². The Morgan fingerprint density at radius 1 is 1.22 bits per heavy atom. The summed E-state index contributed by atoms with van der Waals surface area (Å²) < 4.78 is 2.22. The number of hydrogen-bond acceptors (Lipinski definition) is 4. The smallest absolute Gasteiger partial charge is 0.0682 e. The first-order valence-electron chi connectivity index (χ1n) is 8.43. The summed E-state index contributed by atoms with van der Waals surface area (Å²) in [5, 5.41) is 9.91. The van der Waals surface area contributed by atoms with E-state index in [0.717, 1.165) is 38.3 Å². The minimum absolute atomic E-state index is 0.147. The van der Waals surface area contributed by atoms with E-state index >= 15 is 0 Å². The maximum absolute atomic E-state index is 9.91. The van der Waals surface area contributed by atoms with Gasteiger partial charge in [0, 0.05) is 56.4 Å². The zero-order chi connectivity index (χ0) is 15.8. The van der Waals surface area contributed by atoms with Crippen LogP contribution in [-0.2, 0) is 6.54 Å². The molecule has 4 rings (SSSR count). The molecule has 5 nitrogen and oxygen atoms in total. The van der Waals surface area contributed by atoms with Crippen molar-refractivity contribution in [1.29, 1.82) is 0 Å². The van der Waals surface area contributed by atoms with Gasteiger partial charge in [-0.3, -0.25) is 14.8 Å². The van der Waals surface area contributed by atoms with Crippen molar-refractivity contribution in [3.05, 3.63) is 48.5 Å². The summed E-state index contributed by atoms with van der Waals surface area (Å²) in [7, 11) is 0. The van der Waals surface area contributed by atoms with Gasteiger partial charge in [-0.05, 0) is 37.6 Å². The predicted octanol–water partition coefficient (Wildman–Crippen LogP) is 1.51. The van der Waals surface area contributed by atoms with Gasteiger partial charge in [0.1, 0.15) is 0 Å². The van der Waals surface area contributed by atoms with E-state index in [4.69, 9.17) is 0 Å². The van der Waals surface area contributed by atoms with Crippen LogP contribution >= 0.6 is 0 Å². The summed E-state index contributed by atoms with van der Waals surface area (Å²) in [5.74, 6) is 0. The van der Waals surface area contributed by atoms with E-state index in [1.807, 2.05) is 12.3 Å². The van der Waals surface area contributed by atoms with Gasteiger partial charge in [0.2, 0.25) is 0 Å². The lowest BCUT2D eigenvalue weighted by atomic mass is 10.1.